The average molecular weight is 649 g/mol. The first-order chi connectivity index (χ1) is 22.8. The third-order valence-corrected chi connectivity index (χ3v) is 20.2. The van der Waals surface area contributed by atoms with Gasteiger partial charge in [-0.15, -0.1) is 0 Å². The quantitative estimate of drug-likeness (QED) is 0.132. The molecule has 0 N–H and O–H groups in total. The van der Waals surface area contributed by atoms with Crippen molar-refractivity contribution < 1.29 is 0 Å². The third-order valence-electron chi connectivity index (χ3n) is 13.0. The van der Waals surface area contributed by atoms with Crippen LogP contribution in [0.4, 0.5) is 0 Å². The standard InChI is InChI=1S/C44H58P2/c1-5-16-37(17-6-1)45(38-18-7-2-8-19-38)31-36-30-29-35-28-27-34-26-25-33-15-13-14-24-41(33)43(34)44(35)42(36)32-46(39-20-9-3-10-21-39)40-22-11-4-12-23-40/h13-15,24-30,37-40H,1-12,16-23,31-32H2. The maximum absolute atomic E-state index is 2.69. The van der Waals surface area contributed by atoms with E-state index in [0.29, 0.717) is 0 Å². The molecule has 0 radical (unpaired) electrons. The lowest BCUT2D eigenvalue weighted by Gasteiger charge is -2.41. The molecular weight excluding hydrogens is 590 g/mol. The Bertz CT molecular complexity index is 1560. The fourth-order valence-corrected chi connectivity index (χ4v) is 18.3. The normalized spacial score (nSPS) is 21.7. The van der Waals surface area contributed by atoms with Crippen molar-refractivity contribution in [1.29, 1.82) is 0 Å². The Kier molecular flexibility index (Phi) is 10.3. The largest absolute Gasteiger partial charge is 0.0958 e. The van der Waals surface area contributed by atoms with E-state index in [-0.39, 0.29) is 15.8 Å². The average Bonchev–Trinajstić information content (AvgIpc) is 3.14. The molecule has 0 nitrogen and oxygen atoms in total. The monoisotopic (exact) mass is 648 g/mol. The van der Waals surface area contributed by atoms with Gasteiger partial charge in [0.25, 0.3) is 0 Å². The first kappa shape index (κ1) is 31.8. The van der Waals surface area contributed by atoms with Gasteiger partial charge in [0.05, 0.1) is 0 Å². The molecule has 4 aromatic carbocycles. The zero-order chi connectivity index (χ0) is 30.7. The van der Waals surface area contributed by atoms with Gasteiger partial charge in [0.15, 0.2) is 0 Å². The molecule has 4 aliphatic carbocycles. The van der Waals surface area contributed by atoms with E-state index in [1.165, 1.54) is 162 Å². The lowest BCUT2D eigenvalue weighted by Crippen LogP contribution is -2.23. The molecule has 0 atom stereocenters. The van der Waals surface area contributed by atoms with Crippen molar-refractivity contribution in [1.82, 2.24) is 0 Å². The second-order valence-corrected chi connectivity index (χ2v) is 21.4. The molecule has 0 saturated heterocycles. The van der Waals surface area contributed by atoms with Crippen molar-refractivity contribution in [3.8, 4) is 0 Å². The van der Waals surface area contributed by atoms with Crippen LogP contribution in [0.5, 0.6) is 0 Å². The zero-order valence-electron chi connectivity index (χ0n) is 28.5. The van der Waals surface area contributed by atoms with E-state index < -0.39 is 0 Å². The minimum atomic E-state index is -0.00803. The molecule has 0 heterocycles. The van der Waals surface area contributed by atoms with Crippen molar-refractivity contribution >= 4 is 48.2 Å². The molecule has 0 unspecified atom stereocenters. The summed E-state index contributed by atoms with van der Waals surface area (Å²) >= 11 is 0. The van der Waals surface area contributed by atoms with Gasteiger partial charge in [0, 0.05) is 0 Å². The molecule has 0 spiro atoms. The van der Waals surface area contributed by atoms with E-state index in [1.807, 2.05) is 5.56 Å². The summed E-state index contributed by atoms with van der Waals surface area (Å²) < 4.78 is 0. The molecular formula is C44H58P2. The third kappa shape index (κ3) is 6.71. The number of benzene rings is 4. The highest BCUT2D eigenvalue weighted by molar-refractivity contribution is 7.59. The highest BCUT2D eigenvalue weighted by Gasteiger charge is 2.35. The van der Waals surface area contributed by atoms with Gasteiger partial charge in [-0.3, -0.25) is 0 Å². The van der Waals surface area contributed by atoms with Crippen LogP contribution < -0.4 is 0 Å². The van der Waals surface area contributed by atoms with Crippen LogP contribution in [0.2, 0.25) is 0 Å². The number of fused-ring (bicyclic) bond motifs is 5. The highest BCUT2D eigenvalue weighted by atomic mass is 31.1. The molecule has 46 heavy (non-hydrogen) atoms. The summed E-state index contributed by atoms with van der Waals surface area (Å²) in [5.41, 5.74) is 7.67. The van der Waals surface area contributed by atoms with Crippen molar-refractivity contribution in [3.63, 3.8) is 0 Å². The fourth-order valence-electron chi connectivity index (χ4n) is 10.5. The predicted octanol–water partition coefficient (Wildman–Crippen LogP) is 14.4. The number of hydrogen-bond acceptors (Lipinski definition) is 0. The second kappa shape index (κ2) is 15.0. The Labute approximate surface area is 282 Å². The Morgan fingerprint density at radius 1 is 0.391 bits per heavy atom. The molecule has 244 valence electrons. The topological polar surface area (TPSA) is 0 Å². The number of rotatable bonds is 8. The summed E-state index contributed by atoms with van der Waals surface area (Å²) in [6, 6.07) is 24.2. The van der Waals surface area contributed by atoms with Crippen molar-refractivity contribution in [2.75, 3.05) is 0 Å². The van der Waals surface area contributed by atoms with Crippen LogP contribution in [0.3, 0.4) is 0 Å². The smallest absolute Gasteiger partial charge is 0.00238 e. The van der Waals surface area contributed by atoms with Crippen LogP contribution in [0.1, 0.15) is 140 Å². The van der Waals surface area contributed by atoms with E-state index in [0.717, 1.165) is 22.6 Å². The molecule has 8 rings (SSSR count). The zero-order valence-corrected chi connectivity index (χ0v) is 30.3. The second-order valence-electron chi connectivity index (χ2n) is 15.8. The maximum Gasteiger partial charge on any atom is -0.00238 e. The van der Waals surface area contributed by atoms with Crippen molar-refractivity contribution in [3.05, 3.63) is 71.8 Å². The van der Waals surface area contributed by atoms with Crippen molar-refractivity contribution in [2.24, 2.45) is 0 Å². The van der Waals surface area contributed by atoms with Gasteiger partial charge in [-0.25, -0.2) is 0 Å². The summed E-state index contributed by atoms with van der Waals surface area (Å²) in [6.45, 7) is 0. The molecule has 4 aliphatic rings. The van der Waals surface area contributed by atoms with Gasteiger partial charge in [-0.1, -0.05) is 154 Å². The SMILES string of the molecule is c1ccc2c(c1)ccc1ccc3ccc(CP(C4CCCCC4)C4CCCCC4)c(CP(C4CCCCC4)C4CCCCC4)c3c12. The lowest BCUT2D eigenvalue weighted by molar-refractivity contribution is 0.483. The molecule has 4 aromatic rings. The Morgan fingerprint density at radius 3 is 1.33 bits per heavy atom. The minimum absolute atomic E-state index is 0.00803. The molecule has 4 fully saturated rings. The van der Waals surface area contributed by atoms with Crippen LogP contribution in [0.15, 0.2) is 60.7 Å². The van der Waals surface area contributed by atoms with E-state index in [9.17, 15) is 0 Å². The Balaban J connectivity index is 1.30. The van der Waals surface area contributed by atoms with Crippen LogP contribution in [-0.2, 0) is 12.3 Å². The molecule has 0 bridgehead atoms. The summed E-state index contributed by atoms with van der Waals surface area (Å²) in [4.78, 5) is 0. The Morgan fingerprint density at radius 2 is 0.804 bits per heavy atom. The van der Waals surface area contributed by atoms with Gasteiger partial charge >= 0.3 is 0 Å². The van der Waals surface area contributed by atoms with Crippen LogP contribution in [-0.4, -0.2) is 22.6 Å². The predicted molar refractivity (Wildman–Crippen MR) is 208 cm³/mol. The highest BCUT2D eigenvalue weighted by Crippen LogP contribution is 2.61. The van der Waals surface area contributed by atoms with Gasteiger partial charge < -0.3 is 0 Å². The summed E-state index contributed by atoms with van der Waals surface area (Å²) in [5.74, 6) is 0. The van der Waals surface area contributed by atoms with Gasteiger partial charge in [0.1, 0.15) is 0 Å². The maximum atomic E-state index is 2.69. The van der Waals surface area contributed by atoms with Crippen LogP contribution >= 0.6 is 15.8 Å². The first-order valence-electron chi connectivity index (χ1n) is 19.7. The molecule has 0 aliphatic heterocycles. The summed E-state index contributed by atoms with van der Waals surface area (Å²) in [6.07, 6.45) is 32.8. The van der Waals surface area contributed by atoms with Gasteiger partial charge in [0.2, 0.25) is 0 Å². The van der Waals surface area contributed by atoms with Crippen LogP contribution in [0.25, 0.3) is 32.3 Å². The Hall–Kier alpha value is -1.48. The van der Waals surface area contributed by atoms with E-state index in [1.54, 1.807) is 16.3 Å². The lowest BCUT2D eigenvalue weighted by atomic mass is 9.92. The van der Waals surface area contributed by atoms with Crippen molar-refractivity contribution in [2.45, 2.75) is 163 Å². The van der Waals surface area contributed by atoms with E-state index in [2.05, 4.69) is 60.7 Å². The van der Waals surface area contributed by atoms with Gasteiger partial charge in [-0.05, 0) is 130 Å². The molecule has 0 aromatic heterocycles. The summed E-state index contributed by atoms with van der Waals surface area (Å²) in [5, 5.41) is 9.07. The summed E-state index contributed by atoms with van der Waals surface area (Å²) in [7, 11) is 0.0226. The first-order valence-corrected chi connectivity index (χ1v) is 23.0. The number of hydrogen-bond donors (Lipinski definition) is 0. The molecule has 0 amide bonds. The van der Waals surface area contributed by atoms with Gasteiger partial charge in [-0.2, -0.15) is 0 Å². The fraction of sp³-hybridized carbons (Fsp3) is 0.591. The van der Waals surface area contributed by atoms with E-state index >= 15 is 0 Å². The minimum Gasteiger partial charge on any atom is -0.0958 e. The van der Waals surface area contributed by atoms with Crippen LogP contribution in [0, 0.1) is 0 Å². The van der Waals surface area contributed by atoms with E-state index in [4.69, 9.17) is 0 Å². The molecule has 2 heteroatoms. The molecule has 4 saturated carbocycles.